The SMILES string of the molecule is COc1c(Cl)cccc1C(=O)CCN. The summed E-state index contributed by atoms with van der Waals surface area (Å²) < 4.78 is 5.05. The molecule has 4 heteroatoms. The van der Waals surface area contributed by atoms with Crippen LogP contribution in [0.2, 0.25) is 5.02 Å². The van der Waals surface area contributed by atoms with Crippen LogP contribution in [0, 0.1) is 0 Å². The number of methoxy groups -OCH3 is 1. The molecule has 0 aromatic heterocycles. The van der Waals surface area contributed by atoms with Gasteiger partial charge in [0.1, 0.15) is 5.75 Å². The summed E-state index contributed by atoms with van der Waals surface area (Å²) in [5.74, 6) is 0.375. The number of ketones is 1. The van der Waals surface area contributed by atoms with Gasteiger partial charge in [0.25, 0.3) is 0 Å². The maximum Gasteiger partial charge on any atom is 0.167 e. The molecule has 0 amide bonds. The van der Waals surface area contributed by atoms with Gasteiger partial charge in [0.2, 0.25) is 0 Å². The fraction of sp³-hybridized carbons (Fsp3) is 0.300. The summed E-state index contributed by atoms with van der Waals surface area (Å²) in [4.78, 5) is 11.6. The fourth-order valence-electron chi connectivity index (χ4n) is 1.20. The second-order valence-electron chi connectivity index (χ2n) is 2.78. The van der Waals surface area contributed by atoms with Crippen molar-refractivity contribution >= 4 is 17.4 Å². The first-order valence-corrected chi connectivity index (χ1v) is 4.64. The van der Waals surface area contributed by atoms with E-state index in [0.717, 1.165) is 0 Å². The lowest BCUT2D eigenvalue weighted by Gasteiger charge is -2.08. The molecular formula is C10H12ClNO2. The largest absolute Gasteiger partial charge is 0.494 e. The van der Waals surface area contributed by atoms with Crippen molar-refractivity contribution in [1.29, 1.82) is 0 Å². The second-order valence-corrected chi connectivity index (χ2v) is 3.19. The summed E-state index contributed by atoms with van der Waals surface area (Å²) >= 11 is 5.87. The van der Waals surface area contributed by atoms with E-state index >= 15 is 0 Å². The first kappa shape index (κ1) is 11.0. The third kappa shape index (κ3) is 2.25. The zero-order chi connectivity index (χ0) is 10.6. The minimum atomic E-state index is -0.0492. The molecule has 0 saturated heterocycles. The molecule has 0 bridgehead atoms. The van der Waals surface area contributed by atoms with Gasteiger partial charge in [0.05, 0.1) is 17.7 Å². The smallest absolute Gasteiger partial charge is 0.167 e. The minimum Gasteiger partial charge on any atom is -0.494 e. The molecule has 0 heterocycles. The van der Waals surface area contributed by atoms with Crippen LogP contribution in [0.5, 0.6) is 5.75 Å². The molecule has 14 heavy (non-hydrogen) atoms. The number of rotatable bonds is 4. The molecule has 76 valence electrons. The topological polar surface area (TPSA) is 52.3 Å². The summed E-state index contributed by atoms with van der Waals surface area (Å²) in [5, 5.41) is 0.440. The molecular weight excluding hydrogens is 202 g/mol. The summed E-state index contributed by atoms with van der Waals surface area (Å²) in [6.07, 6.45) is 0.302. The Hall–Kier alpha value is -1.06. The van der Waals surface area contributed by atoms with Crippen molar-refractivity contribution in [1.82, 2.24) is 0 Å². The Kier molecular flexibility index (Phi) is 3.92. The van der Waals surface area contributed by atoms with Crippen LogP contribution >= 0.6 is 11.6 Å². The Balaban J connectivity index is 3.07. The minimum absolute atomic E-state index is 0.0492. The molecule has 0 unspecified atom stereocenters. The zero-order valence-electron chi connectivity index (χ0n) is 7.92. The predicted molar refractivity (Wildman–Crippen MR) is 56.0 cm³/mol. The molecule has 0 aliphatic heterocycles. The third-order valence-corrected chi connectivity index (χ3v) is 2.14. The van der Waals surface area contributed by atoms with E-state index in [1.165, 1.54) is 7.11 Å². The van der Waals surface area contributed by atoms with E-state index in [9.17, 15) is 4.79 Å². The predicted octanol–water partition coefficient (Wildman–Crippen LogP) is 1.88. The number of nitrogens with two attached hydrogens (primary N) is 1. The average Bonchev–Trinajstić information content (AvgIpc) is 2.17. The normalized spacial score (nSPS) is 9.93. The molecule has 1 aromatic rings. The number of halogens is 1. The zero-order valence-corrected chi connectivity index (χ0v) is 8.67. The van der Waals surface area contributed by atoms with Gasteiger partial charge in [-0.1, -0.05) is 17.7 Å². The standard InChI is InChI=1S/C10H12ClNO2/c1-14-10-7(9(13)5-6-12)3-2-4-8(10)11/h2-4H,5-6,12H2,1H3. The quantitative estimate of drug-likeness (QED) is 0.777. The van der Waals surface area contributed by atoms with E-state index in [1.807, 2.05) is 0 Å². The highest BCUT2D eigenvalue weighted by Crippen LogP contribution is 2.28. The average molecular weight is 214 g/mol. The van der Waals surface area contributed by atoms with Crippen molar-refractivity contribution in [3.8, 4) is 5.75 Å². The van der Waals surface area contributed by atoms with Gasteiger partial charge in [-0.15, -0.1) is 0 Å². The van der Waals surface area contributed by atoms with E-state index in [2.05, 4.69) is 0 Å². The van der Waals surface area contributed by atoms with E-state index < -0.39 is 0 Å². The van der Waals surface area contributed by atoms with Crippen LogP contribution in [0.4, 0.5) is 0 Å². The van der Waals surface area contributed by atoms with Gasteiger partial charge in [-0.2, -0.15) is 0 Å². The van der Waals surface area contributed by atoms with E-state index in [0.29, 0.717) is 29.3 Å². The van der Waals surface area contributed by atoms with Gasteiger partial charge in [-0.05, 0) is 18.7 Å². The van der Waals surface area contributed by atoms with Gasteiger partial charge >= 0.3 is 0 Å². The number of Topliss-reactive ketones (excluding diaryl/α,β-unsaturated/α-hetero) is 1. The highest BCUT2D eigenvalue weighted by Gasteiger charge is 2.13. The fourth-order valence-corrected chi connectivity index (χ4v) is 1.45. The molecule has 0 aliphatic rings. The number of para-hydroxylation sites is 1. The Morgan fingerprint density at radius 3 is 2.86 bits per heavy atom. The molecule has 0 aliphatic carbocycles. The third-order valence-electron chi connectivity index (χ3n) is 1.84. The molecule has 3 nitrogen and oxygen atoms in total. The molecule has 0 spiro atoms. The summed E-state index contributed by atoms with van der Waals surface area (Å²) in [5.41, 5.74) is 5.79. The van der Waals surface area contributed by atoms with Crippen LogP contribution in [0.3, 0.4) is 0 Å². The van der Waals surface area contributed by atoms with Crippen LogP contribution in [0.25, 0.3) is 0 Å². The molecule has 0 fully saturated rings. The maximum absolute atomic E-state index is 11.6. The van der Waals surface area contributed by atoms with E-state index in [1.54, 1.807) is 18.2 Å². The lowest BCUT2D eigenvalue weighted by molar-refractivity contribution is 0.0982. The summed E-state index contributed by atoms with van der Waals surface area (Å²) in [6, 6.07) is 5.08. The van der Waals surface area contributed by atoms with Gasteiger partial charge in [-0.25, -0.2) is 0 Å². The van der Waals surface area contributed by atoms with Crippen molar-refractivity contribution in [3.05, 3.63) is 28.8 Å². The molecule has 1 rings (SSSR count). The molecule has 0 atom stereocenters. The molecule has 0 radical (unpaired) electrons. The number of carbonyl (C=O) groups excluding carboxylic acids is 1. The van der Waals surface area contributed by atoms with Crippen LogP contribution in [0.1, 0.15) is 16.8 Å². The Morgan fingerprint density at radius 1 is 1.57 bits per heavy atom. The second kappa shape index (κ2) is 4.98. The lowest BCUT2D eigenvalue weighted by atomic mass is 10.1. The number of benzene rings is 1. The Bertz CT molecular complexity index is 339. The lowest BCUT2D eigenvalue weighted by Crippen LogP contribution is -2.09. The number of hydrogen-bond acceptors (Lipinski definition) is 3. The van der Waals surface area contributed by atoms with Crippen LogP contribution < -0.4 is 10.5 Å². The van der Waals surface area contributed by atoms with Crippen molar-refractivity contribution in [2.24, 2.45) is 5.73 Å². The number of hydrogen-bond donors (Lipinski definition) is 1. The summed E-state index contributed by atoms with van der Waals surface area (Å²) in [6.45, 7) is 0.328. The molecule has 1 aromatic carbocycles. The van der Waals surface area contributed by atoms with Crippen LogP contribution in [0.15, 0.2) is 18.2 Å². The monoisotopic (exact) mass is 213 g/mol. The van der Waals surface area contributed by atoms with Crippen molar-refractivity contribution in [2.45, 2.75) is 6.42 Å². The van der Waals surface area contributed by atoms with Crippen molar-refractivity contribution < 1.29 is 9.53 Å². The van der Waals surface area contributed by atoms with E-state index in [-0.39, 0.29) is 5.78 Å². The van der Waals surface area contributed by atoms with Crippen LogP contribution in [-0.2, 0) is 0 Å². The Morgan fingerprint density at radius 2 is 2.29 bits per heavy atom. The number of ether oxygens (including phenoxy) is 1. The molecule has 0 saturated carbocycles. The number of carbonyl (C=O) groups is 1. The molecule has 2 N–H and O–H groups in total. The van der Waals surface area contributed by atoms with Crippen LogP contribution in [-0.4, -0.2) is 19.4 Å². The first-order chi connectivity index (χ1) is 6.70. The van der Waals surface area contributed by atoms with Gasteiger partial charge in [-0.3, -0.25) is 4.79 Å². The summed E-state index contributed by atoms with van der Waals surface area (Å²) in [7, 11) is 1.49. The van der Waals surface area contributed by atoms with Gasteiger partial charge < -0.3 is 10.5 Å². The van der Waals surface area contributed by atoms with Crippen molar-refractivity contribution in [2.75, 3.05) is 13.7 Å². The highest BCUT2D eigenvalue weighted by molar-refractivity contribution is 6.32. The highest BCUT2D eigenvalue weighted by atomic mass is 35.5. The maximum atomic E-state index is 11.6. The first-order valence-electron chi connectivity index (χ1n) is 4.26. The Labute approximate surface area is 87.8 Å². The van der Waals surface area contributed by atoms with E-state index in [4.69, 9.17) is 22.1 Å². The van der Waals surface area contributed by atoms with Crippen molar-refractivity contribution in [3.63, 3.8) is 0 Å². The van der Waals surface area contributed by atoms with Gasteiger partial charge in [0.15, 0.2) is 5.78 Å². The van der Waals surface area contributed by atoms with Gasteiger partial charge in [0, 0.05) is 6.42 Å².